The molecular weight excluding hydrogens is 1030 g/mol. The molecule has 1 radical (unpaired) electrons. The van der Waals surface area contributed by atoms with Crippen LogP contribution in [0.3, 0.4) is 0 Å². The third kappa shape index (κ3) is 10.4. The molecule has 0 amide bonds. The molecule has 4 nitrogen and oxygen atoms in total. The van der Waals surface area contributed by atoms with Gasteiger partial charge in [0.2, 0.25) is 0 Å². The van der Waals surface area contributed by atoms with Crippen molar-refractivity contribution in [2.45, 2.75) is 92.9 Å². The number of para-hydroxylation sites is 2. The van der Waals surface area contributed by atoms with Gasteiger partial charge in [0.1, 0.15) is 5.58 Å². The molecule has 69 heavy (non-hydrogen) atoms. The molecule has 0 N–H and O–H groups in total. The number of rotatable bonds is 8. The zero-order valence-electron chi connectivity index (χ0n) is 45.0. The molecule has 0 aliphatic heterocycles. The Balaban J connectivity index is 0.000000335. The molecule has 0 atom stereocenters. The third-order valence-electron chi connectivity index (χ3n) is 12.2. The maximum atomic E-state index is 12.8. The fraction of sp³-hybridized carbons (Fsp3) is 0.238. The van der Waals surface area contributed by atoms with Crippen LogP contribution in [-0.4, -0.2) is 14.5 Å². The Morgan fingerprint density at radius 2 is 1.41 bits per heavy atom. The summed E-state index contributed by atoms with van der Waals surface area (Å²) in [6, 6.07) is 51.5. The van der Waals surface area contributed by atoms with Crippen molar-refractivity contribution < 1.29 is 34.4 Å². The number of pyridine rings is 1. The van der Waals surface area contributed by atoms with Crippen molar-refractivity contribution in [3.63, 3.8) is 0 Å². The molecule has 0 saturated heterocycles. The molecule has 351 valence electrons. The number of imidazole rings is 1. The fourth-order valence-electron chi connectivity index (χ4n) is 8.77. The van der Waals surface area contributed by atoms with E-state index >= 15 is 0 Å². The molecule has 0 unspecified atom stereocenters. The smallest absolute Gasteiger partial charge is 0.121 e. The van der Waals surface area contributed by atoms with Crippen molar-refractivity contribution in [2.75, 3.05) is 0 Å². The van der Waals surface area contributed by atoms with Crippen molar-refractivity contribution in [1.29, 1.82) is 0 Å². The number of hydrogen-bond acceptors (Lipinski definition) is 3. The zero-order valence-corrected chi connectivity index (χ0v) is 43.4. The van der Waals surface area contributed by atoms with E-state index < -0.39 is 11.8 Å². The molecule has 0 aliphatic carbocycles. The monoisotopic (exact) mass is 1090 g/mol. The van der Waals surface area contributed by atoms with Crippen molar-refractivity contribution in [2.24, 2.45) is 5.41 Å². The molecule has 0 bridgehead atoms. The maximum Gasteiger partial charge on any atom is 0.121 e. The van der Waals surface area contributed by atoms with E-state index in [1.165, 1.54) is 17.7 Å². The molecule has 6 heteroatoms. The van der Waals surface area contributed by atoms with Gasteiger partial charge in [-0.2, -0.15) is 0 Å². The molecule has 10 aromatic rings. The topological polar surface area (TPSA) is 43.9 Å². The van der Waals surface area contributed by atoms with Crippen LogP contribution in [0.15, 0.2) is 162 Å². The number of aromatic nitrogens is 3. The number of fused-ring (bicyclic) bond motifs is 4. The first-order valence-corrected chi connectivity index (χ1v) is 23.5. The normalized spacial score (nSPS) is 12.9. The molecule has 0 aliphatic rings. The second kappa shape index (κ2) is 19.9. The minimum Gasteiger partial charge on any atom is -0.501 e. The summed E-state index contributed by atoms with van der Waals surface area (Å²) < 4.78 is 57.8. The minimum atomic E-state index is -1.71. The van der Waals surface area contributed by atoms with Crippen molar-refractivity contribution in [1.82, 2.24) is 14.5 Å². The standard InChI is InChI=1S/C48H45N2O.C15H15FN.Ir/c1-30(2)40-26-36(34-22-20-32(21-23-34)29-48(5,6)7)27-41(31(3)4)45(40)50-43-19-12-11-18-42(43)49-47(50)39-17-13-16-38-37-25-24-35(28-44(37)51-46(38)39)33-14-9-8-10-15-33;1-15(2,3)12-8-9-17-14(10-12)11-4-6-13(16)7-5-11;/h8-16,18-28,30-31H,29H2,1-7H3;4,6-10H,1-3H3;/q2*-1;/i22D,23D,29D2;;. The molecule has 7 aromatic carbocycles. The summed E-state index contributed by atoms with van der Waals surface area (Å²) in [5.74, 6) is 0.588. The second-order valence-corrected chi connectivity index (χ2v) is 20.2. The number of furan rings is 1. The summed E-state index contributed by atoms with van der Waals surface area (Å²) in [6.45, 7) is 20.7. The van der Waals surface area contributed by atoms with E-state index in [1.807, 2.05) is 75.4 Å². The van der Waals surface area contributed by atoms with E-state index in [2.05, 4.69) is 125 Å². The van der Waals surface area contributed by atoms with E-state index in [-0.39, 0.29) is 55.3 Å². The molecule has 3 heterocycles. The number of benzene rings is 7. The quantitative estimate of drug-likeness (QED) is 0.142. The van der Waals surface area contributed by atoms with Gasteiger partial charge in [0.25, 0.3) is 0 Å². The van der Waals surface area contributed by atoms with Gasteiger partial charge in [0, 0.05) is 45.9 Å². The Morgan fingerprint density at radius 1 is 0.710 bits per heavy atom. The van der Waals surface area contributed by atoms with Crippen LogP contribution in [-0.2, 0) is 31.9 Å². The SMILES string of the molecule is CC(C)(C)c1ccnc(-c2[c-]cc(F)cc2)c1.[2H]c1cc(C([2H])([2H])C(C)(C)C)cc([2H])c1-c1cc(C(C)C)c(-n2c(-c3[c-]ccc4c3oc3cc(-c5ccccc5)ccc34)nc3ccccc32)c(C(C)C)c1.[Ir]. The first kappa shape index (κ1) is 43.8. The average Bonchev–Trinajstić information content (AvgIpc) is 3.92. The summed E-state index contributed by atoms with van der Waals surface area (Å²) in [6.07, 6.45) is 0.0725. The first-order valence-electron chi connectivity index (χ1n) is 25.5. The largest absolute Gasteiger partial charge is 0.501 e. The molecule has 0 spiro atoms. The van der Waals surface area contributed by atoms with Crippen LogP contribution < -0.4 is 0 Å². The Morgan fingerprint density at radius 3 is 2.06 bits per heavy atom. The molecule has 3 aromatic heterocycles. The predicted octanol–water partition coefficient (Wildman–Crippen LogP) is 17.5. The Kier molecular flexibility index (Phi) is 12.6. The van der Waals surface area contributed by atoms with Crippen LogP contribution in [0.2, 0.25) is 0 Å². The van der Waals surface area contributed by atoms with Gasteiger partial charge < -0.3 is 14.0 Å². The van der Waals surface area contributed by atoms with Gasteiger partial charge in [-0.1, -0.05) is 165 Å². The van der Waals surface area contributed by atoms with Crippen LogP contribution in [0.25, 0.3) is 83.6 Å². The van der Waals surface area contributed by atoms with Crippen LogP contribution >= 0.6 is 0 Å². The maximum absolute atomic E-state index is 12.8. The summed E-state index contributed by atoms with van der Waals surface area (Å²) >= 11 is 0. The van der Waals surface area contributed by atoms with E-state index in [0.29, 0.717) is 11.1 Å². The number of halogens is 1. The molecule has 0 saturated carbocycles. The predicted molar refractivity (Wildman–Crippen MR) is 282 cm³/mol. The van der Waals surface area contributed by atoms with E-state index in [4.69, 9.17) is 14.9 Å². The minimum absolute atomic E-state index is 0. The fourth-order valence-corrected chi connectivity index (χ4v) is 8.77. The van der Waals surface area contributed by atoms with Crippen LogP contribution in [0.4, 0.5) is 4.39 Å². The first-order chi connectivity index (χ1) is 34.1. The Hall–Kier alpha value is -6.46. The van der Waals surface area contributed by atoms with Crippen LogP contribution in [0.1, 0.15) is 109 Å². The number of nitrogens with zero attached hydrogens (tertiary/aromatic N) is 3. The second-order valence-electron chi connectivity index (χ2n) is 20.2. The Labute approximate surface area is 426 Å². The summed E-state index contributed by atoms with van der Waals surface area (Å²) in [5.41, 5.74) is 13.3. The van der Waals surface area contributed by atoms with Crippen LogP contribution in [0.5, 0.6) is 0 Å². The molecule has 10 rings (SSSR count). The van der Waals surface area contributed by atoms with Gasteiger partial charge in [-0.25, -0.2) is 0 Å². The molecule has 0 fully saturated rings. The summed E-state index contributed by atoms with van der Waals surface area (Å²) in [5, 5.41) is 2.03. The van der Waals surface area contributed by atoms with E-state index in [0.717, 1.165) is 89.1 Å². The van der Waals surface area contributed by atoms with Crippen LogP contribution in [0, 0.1) is 23.4 Å². The van der Waals surface area contributed by atoms with Gasteiger partial charge in [-0.3, -0.25) is 9.37 Å². The van der Waals surface area contributed by atoms with E-state index in [1.54, 1.807) is 24.4 Å². The summed E-state index contributed by atoms with van der Waals surface area (Å²) in [7, 11) is 0. The van der Waals surface area contributed by atoms with Gasteiger partial charge in [0.15, 0.2) is 0 Å². The van der Waals surface area contributed by atoms with Gasteiger partial charge >= 0.3 is 0 Å². The number of hydrogen-bond donors (Lipinski definition) is 0. The van der Waals surface area contributed by atoms with E-state index in [9.17, 15) is 4.39 Å². The van der Waals surface area contributed by atoms with Crippen molar-refractivity contribution >= 4 is 33.0 Å². The molecular formula is C63H60FIrN3O-2. The zero-order chi connectivity index (χ0) is 51.4. The van der Waals surface area contributed by atoms with Crippen molar-refractivity contribution in [3.8, 4) is 50.6 Å². The average molecular weight is 1090 g/mol. The summed E-state index contributed by atoms with van der Waals surface area (Å²) in [4.78, 5) is 9.58. The van der Waals surface area contributed by atoms with Gasteiger partial charge in [-0.15, -0.1) is 48.0 Å². The Bertz CT molecular complexity index is 3570. The van der Waals surface area contributed by atoms with Crippen molar-refractivity contribution in [3.05, 3.63) is 198 Å². The van der Waals surface area contributed by atoms with Gasteiger partial charge in [0.05, 0.1) is 25.2 Å². The van der Waals surface area contributed by atoms with Gasteiger partial charge in [-0.05, 0) is 116 Å². The third-order valence-corrected chi connectivity index (χ3v) is 12.2.